The first-order chi connectivity index (χ1) is 15.7. The Hall–Kier alpha value is -2.89. The van der Waals surface area contributed by atoms with Gasteiger partial charge in [-0.15, -0.1) is 0 Å². The van der Waals surface area contributed by atoms with Crippen LogP contribution in [-0.4, -0.2) is 25.3 Å². The molecule has 0 N–H and O–H groups in total. The zero-order valence-corrected chi connectivity index (χ0v) is 18.7. The second-order valence-electron chi connectivity index (χ2n) is 8.50. The monoisotopic (exact) mass is 449 g/mol. The smallest absolute Gasteiger partial charge is 0.231 e. The minimum atomic E-state index is 0.308. The minimum Gasteiger partial charge on any atom is -0.493 e. The van der Waals surface area contributed by atoms with Gasteiger partial charge in [0.2, 0.25) is 6.79 Å². The third kappa shape index (κ3) is 3.37. The number of hydrogen-bond donors (Lipinski definition) is 0. The Balaban J connectivity index is 1.33. The number of rotatable bonds is 4. The molecule has 0 saturated heterocycles. The van der Waals surface area contributed by atoms with Gasteiger partial charge in [0.15, 0.2) is 23.0 Å². The average Bonchev–Trinajstić information content (AvgIpc) is 3.27. The lowest BCUT2D eigenvalue weighted by Gasteiger charge is -2.42. The Kier molecular flexibility index (Phi) is 4.89. The van der Waals surface area contributed by atoms with E-state index in [2.05, 4.69) is 23.1 Å². The van der Waals surface area contributed by atoms with E-state index in [1.807, 2.05) is 30.3 Å². The molecule has 3 heterocycles. The molecule has 6 heteroatoms. The number of benzene rings is 3. The van der Waals surface area contributed by atoms with Crippen LogP contribution in [0.1, 0.15) is 33.9 Å². The Morgan fingerprint density at radius 2 is 1.94 bits per heavy atom. The van der Waals surface area contributed by atoms with Gasteiger partial charge >= 0.3 is 0 Å². The zero-order chi connectivity index (χ0) is 21.7. The van der Waals surface area contributed by atoms with Crippen molar-refractivity contribution in [2.45, 2.75) is 32.0 Å². The van der Waals surface area contributed by atoms with Crippen molar-refractivity contribution in [2.24, 2.45) is 0 Å². The molecule has 0 aromatic heterocycles. The van der Waals surface area contributed by atoms with Crippen LogP contribution in [0.4, 0.5) is 0 Å². The molecule has 3 aliphatic rings. The highest BCUT2D eigenvalue weighted by Gasteiger charge is 2.35. The lowest BCUT2D eigenvalue weighted by atomic mass is 9.83. The Morgan fingerprint density at radius 3 is 2.78 bits per heavy atom. The fourth-order valence-corrected chi connectivity index (χ4v) is 5.31. The molecule has 0 spiro atoms. The van der Waals surface area contributed by atoms with Crippen molar-refractivity contribution in [1.29, 1.82) is 0 Å². The number of nitrogens with zero attached hydrogens (tertiary/aromatic N) is 1. The third-order valence-corrected chi connectivity index (χ3v) is 6.93. The number of hydrogen-bond acceptors (Lipinski definition) is 5. The van der Waals surface area contributed by atoms with Gasteiger partial charge in [0.25, 0.3) is 0 Å². The van der Waals surface area contributed by atoms with Gasteiger partial charge in [0.05, 0.1) is 7.11 Å². The second-order valence-corrected chi connectivity index (χ2v) is 8.93. The zero-order valence-electron chi connectivity index (χ0n) is 17.9. The molecule has 0 bridgehead atoms. The van der Waals surface area contributed by atoms with E-state index >= 15 is 0 Å². The molecule has 0 fully saturated rings. The Morgan fingerprint density at radius 1 is 1.06 bits per heavy atom. The van der Waals surface area contributed by atoms with Gasteiger partial charge in [0.1, 0.15) is 6.61 Å². The van der Waals surface area contributed by atoms with E-state index in [1.165, 1.54) is 22.3 Å². The number of ether oxygens (including phenoxy) is 4. The highest BCUT2D eigenvalue weighted by molar-refractivity contribution is 6.30. The van der Waals surface area contributed by atoms with E-state index in [9.17, 15) is 0 Å². The molecular weight excluding hydrogens is 426 g/mol. The average molecular weight is 450 g/mol. The Labute approximate surface area is 192 Å². The largest absolute Gasteiger partial charge is 0.493 e. The highest BCUT2D eigenvalue weighted by Crippen LogP contribution is 2.46. The molecule has 0 aliphatic carbocycles. The van der Waals surface area contributed by atoms with E-state index in [-0.39, 0.29) is 0 Å². The van der Waals surface area contributed by atoms with Gasteiger partial charge in [-0.1, -0.05) is 29.8 Å². The van der Waals surface area contributed by atoms with Gasteiger partial charge in [-0.25, -0.2) is 0 Å². The molecule has 3 aliphatic heterocycles. The van der Waals surface area contributed by atoms with Crippen LogP contribution in [0, 0.1) is 0 Å². The molecule has 32 heavy (non-hydrogen) atoms. The van der Waals surface area contributed by atoms with Crippen LogP contribution in [0.3, 0.4) is 0 Å². The van der Waals surface area contributed by atoms with E-state index in [0.29, 0.717) is 24.5 Å². The molecule has 1 atom stereocenters. The summed E-state index contributed by atoms with van der Waals surface area (Å²) < 4.78 is 23.2. The van der Waals surface area contributed by atoms with Gasteiger partial charge in [0, 0.05) is 29.7 Å². The first kappa shape index (κ1) is 19.8. The number of halogens is 1. The summed E-state index contributed by atoms with van der Waals surface area (Å²) in [6.45, 7) is 2.59. The fourth-order valence-electron chi connectivity index (χ4n) is 5.10. The van der Waals surface area contributed by atoms with Gasteiger partial charge in [-0.3, -0.25) is 4.90 Å². The normalized spacial score (nSPS) is 18.5. The summed E-state index contributed by atoms with van der Waals surface area (Å²) in [7, 11) is 1.69. The lowest BCUT2D eigenvalue weighted by Crippen LogP contribution is -2.39. The summed E-state index contributed by atoms with van der Waals surface area (Å²) in [6.07, 6.45) is 1.93. The van der Waals surface area contributed by atoms with Crippen molar-refractivity contribution in [3.8, 4) is 23.0 Å². The molecule has 3 aromatic rings. The van der Waals surface area contributed by atoms with Crippen LogP contribution in [-0.2, 0) is 26.0 Å². The summed E-state index contributed by atoms with van der Waals surface area (Å²) >= 11 is 6.15. The van der Waals surface area contributed by atoms with Crippen molar-refractivity contribution < 1.29 is 18.9 Å². The van der Waals surface area contributed by atoms with Crippen LogP contribution in [0.5, 0.6) is 23.0 Å². The molecule has 3 aromatic carbocycles. The van der Waals surface area contributed by atoms with Crippen molar-refractivity contribution in [2.75, 3.05) is 20.4 Å². The van der Waals surface area contributed by atoms with Crippen LogP contribution < -0.4 is 18.9 Å². The maximum absolute atomic E-state index is 6.33. The van der Waals surface area contributed by atoms with Crippen LogP contribution in [0.2, 0.25) is 5.02 Å². The SMILES string of the molecule is COc1ccc2c(c1OCc1cccc(Cl)c1)CN1CCc3cc4c(cc3C1C2)OCO4. The molecule has 0 radical (unpaired) electrons. The van der Waals surface area contributed by atoms with E-state index < -0.39 is 0 Å². The predicted octanol–water partition coefficient (Wildman–Crippen LogP) is 5.31. The molecule has 5 nitrogen and oxygen atoms in total. The summed E-state index contributed by atoms with van der Waals surface area (Å²) in [6, 6.07) is 16.6. The molecule has 0 amide bonds. The standard InChI is InChI=1S/C26H24ClNO4/c1-29-23-6-5-17-10-22-20-12-25-24(31-15-32-25)11-18(20)7-8-28(22)13-21(17)26(23)30-14-16-3-2-4-19(27)9-16/h2-6,9,11-12,22H,7-8,10,13-15H2,1H3. The van der Waals surface area contributed by atoms with Crippen LogP contribution in [0.15, 0.2) is 48.5 Å². The summed E-state index contributed by atoms with van der Waals surface area (Å²) in [5.41, 5.74) is 6.27. The molecular formula is C26H24ClNO4. The van der Waals surface area contributed by atoms with Crippen molar-refractivity contribution in [3.63, 3.8) is 0 Å². The number of methoxy groups -OCH3 is 1. The van der Waals surface area contributed by atoms with E-state index in [0.717, 1.165) is 54.5 Å². The fraction of sp³-hybridized carbons (Fsp3) is 0.308. The van der Waals surface area contributed by atoms with Gasteiger partial charge < -0.3 is 18.9 Å². The topological polar surface area (TPSA) is 40.2 Å². The summed E-state index contributed by atoms with van der Waals surface area (Å²) in [5.74, 6) is 3.33. The lowest BCUT2D eigenvalue weighted by molar-refractivity contribution is 0.155. The summed E-state index contributed by atoms with van der Waals surface area (Å²) in [5, 5.41) is 0.712. The summed E-state index contributed by atoms with van der Waals surface area (Å²) in [4.78, 5) is 2.54. The highest BCUT2D eigenvalue weighted by atomic mass is 35.5. The van der Waals surface area contributed by atoms with Crippen molar-refractivity contribution in [3.05, 3.63) is 81.4 Å². The van der Waals surface area contributed by atoms with Crippen molar-refractivity contribution in [1.82, 2.24) is 4.90 Å². The first-order valence-electron chi connectivity index (χ1n) is 10.9. The quantitative estimate of drug-likeness (QED) is 0.539. The van der Waals surface area contributed by atoms with Gasteiger partial charge in [-0.05, 0) is 65.4 Å². The minimum absolute atomic E-state index is 0.308. The Bertz CT molecular complexity index is 1190. The maximum atomic E-state index is 6.33. The second kappa shape index (κ2) is 7.91. The van der Waals surface area contributed by atoms with Crippen LogP contribution in [0.25, 0.3) is 0 Å². The van der Waals surface area contributed by atoms with Gasteiger partial charge in [-0.2, -0.15) is 0 Å². The first-order valence-corrected chi connectivity index (χ1v) is 11.3. The number of fused-ring (bicyclic) bond motifs is 5. The predicted molar refractivity (Wildman–Crippen MR) is 122 cm³/mol. The van der Waals surface area contributed by atoms with Crippen LogP contribution >= 0.6 is 11.6 Å². The molecule has 0 saturated carbocycles. The van der Waals surface area contributed by atoms with E-state index in [1.54, 1.807) is 7.11 Å². The van der Waals surface area contributed by atoms with E-state index in [4.69, 9.17) is 30.5 Å². The third-order valence-electron chi connectivity index (χ3n) is 6.69. The molecule has 164 valence electrons. The van der Waals surface area contributed by atoms with Crippen molar-refractivity contribution >= 4 is 11.6 Å². The maximum Gasteiger partial charge on any atom is 0.231 e. The molecule has 1 unspecified atom stereocenters. The molecule has 6 rings (SSSR count).